The largest absolute Gasteiger partial charge is 0.392 e. The SMILES string of the molecule is O=C(CN1CC[C@@H](O)C1)Nc1cc(Cl)ccc1Cl. The molecule has 4 nitrogen and oxygen atoms in total. The average molecular weight is 289 g/mol. The van der Waals surface area contributed by atoms with Crippen molar-refractivity contribution in [3.05, 3.63) is 28.2 Å². The number of aliphatic hydroxyl groups is 1. The Labute approximate surface area is 115 Å². The summed E-state index contributed by atoms with van der Waals surface area (Å²) in [5, 5.41) is 13.1. The highest BCUT2D eigenvalue weighted by atomic mass is 35.5. The van der Waals surface area contributed by atoms with E-state index >= 15 is 0 Å². The van der Waals surface area contributed by atoms with Crippen LogP contribution < -0.4 is 5.32 Å². The Balaban J connectivity index is 1.92. The summed E-state index contributed by atoms with van der Waals surface area (Å²) in [6, 6.07) is 4.91. The first-order chi connectivity index (χ1) is 8.54. The van der Waals surface area contributed by atoms with Crippen molar-refractivity contribution >= 4 is 34.8 Å². The highest BCUT2D eigenvalue weighted by molar-refractivity contribution is 6.35. The summed E-state index contributed by atoms with van der Waals surface area (Å²) in [5.41, 5.74) is 0.508. The highest BCUT2D eigenvalue weighted by Crippen LogP contribution is 2.25. The molecule has 0 saturated carbocycles. The minimum absolute atomic E-state index is 0.159. The van der Waals surface area contributed by atoms with Gasteiger partial charge in [-0.25, -0.2) is 0 Å². The number of β-amino-alcohol motifs (C(OH)–C–C–N with tert-alkyl or cyclic N) is 1. The zero-order valence-electron chi connectivity index (χ0n) is 9.70. The van der Waals surface area contributed by atoms with Crippen molar-refractivity contribution in [1.29, 1.82) is 0 Å². The lowest BCUT2D eigenvalue weighted by molar-refractivity contribution is -0.117. The number of rotatable bonds is 3. The molecule has 0 aliphatic carbocycles. The number of amides is 1. The number of benzene rings is 1. The predicted octanol–water partition coefficient (Wildman–Crippen LogP) is 2.00. The number of halogens is 2. The lowest BCUT2D eigenvalue weighted by Gasteiger charge is -2.15. The van der Waals surface area contributed by atoms with E-state index in [0.29, 0.717) is 28.7 Å². The van der Waals surface area contributed by atoms with E-state index in [-0.39, 0.29) is 18.6 Å². The molecule has 0 spiro atoms. The molecule has 1 atom stereocenters. The zero-order chi connectivity index (χ0) is 13.1. The van der Waals surface area contributed by atoms with Gasteiger partial charge in [-0.3, -0.25) is 9.69 Å². The van der Waals surface area contributed by atoms with E-state index in [0.717, 1.165) is 6.54 Å². The molecule has 1 saturated heterocycles. The summed E-state index contributed by atoms with van der Waals surface area (Å²) in [6.07, 6.45) is 0.387. The van der Waals surface area contributed by atoms with Gasteiger partial charge in [-0.2, -0.15) is 0 Å². The minimum Gasteiger partial charge on any atom is -0.392 e. The number of carbonyl (C=O) groups is 1. The number of likely N-dealkylation sites (tertiary alicyclic amines) is 1. The fourth-order valence-electron chi connectivity index (χ4n) is 1.94. The molecule has 1 aliphatic rings. The van der Waals surface area contributed by atoms with Crippen LogP contribution in [0.2, 0.25) is 10.0 Å². The van der Waals surface area contributed by atoms with Crippen LogP contribution in [0.3, 0.4) is 0 Å². The quantitative estimate of drug-likeness (QED) is 0.895. The Kier molecular flexibility index (Phi) is 4.45. The number of hydrogen-bond donors (Lipinski definition) is 2. The maximum Gasteiger partial charge on any atom is 0.238 e. The molecular formula is C12H14Cl2N2O2. The smallest absolute Gasteiger partial charge is 0.238 e. The molecule has 2 N–H and O–H groups in total. The second-order valence-electron chi connectivity index (χ2n) is 4.35. The van der Waals surface area contributed by atoms with Crippen LogP contribution in [0.4, 0.5) is 5.69 Å². The minimum atomic E-state index is -0.326. The van der Waals surface area contributed by atoms with E-state index < -0.39 is 0 Å². The second-order valence-corrected chi connectivity index (χ2v) is 5.19. The van der Waals surface area contributed by atoms with E-state index in [9.17, 15) is 9.90 Å². The number of aliphatic hydroxyl groups excluding tert-OH is 1. The van der Waals surface area contributed by atoms with Gasteiger partial charge in [0.15, 0.2) is 0 Å². The monoisotopic (exact) mass is 288 g/mol. The van der Waals surface area contributed by atoms with Gasteiger partial charge in [0, 0.05) is 18.1 Å². The third-order valence-electron chi connectivity index (χ3n) is 2.82. The second kappa shape index (κ2) is 5.89. The number of nitrogens with one attached hydrogen (secondary N) is 1. The molecule has 1 aliphatic heterocycles. The summed E-state index contributed by atoms with van der Waals surface area (Å²) >= 11 is 11.8. The number of hydrogen-bond acceptors (Lipinski definition) is 3. The fourth-order valence-corrected chi connectivity index (χ4v) is 2.28. The maximum atomic E-state index is 11.8. The van der Waals surface area contributed by atoms with Gasteiger partial charge in [-0.15, -0.1) is 0 Å². The normalized spacial score (nSPS) is 20.1. The van der Waals surface area contributed by atoms with E-state index in [1.54, 1.807) is 18.2 Å². The molecule has 0 radical (unpaired) electrons. The molecule has 0 bridgehead atoms. The van der Waals surface area contributed by atoms with Gasteiger partial charge in [0.1, 0.15) is 0 Å². The Morgan fingerprint density at radius 2 is 2.28 bits per heavy atom. The van der Waals surface area contributed by atoms with Crippen molar-refractivity contribution in [2.45, 2.75) is 12.5 Å². The highest BCUT2D eigenvalue weighted by Gasteiger charge is 2.22. The maximum absolute atomic E-state index is 11.8. The van der Waals surface area contributed by atoms with Crippen molar-refractivity contribution in [2.24, 2.45) is 0 Å². The summed E-state index contributed by atoms with van der Waals surface area (Å²) in [7, 11) is 0. The molecular weight excluding hydrogens is 275 g/mol. The molecule has 1 aromatic carbocycles. The van der Waals surface area contributed by atoms with E-state index in [2.05, 4.69) is 5.32 Å². The molecule has 18 heavy (non-hydrogen) atoms. The van der Waals surface area contributed by atoms with Crippen LogP contribution in [-0.4, -0.2) is 41.7 Å². The Morgan fingerprint density at radius 3 is 2.94 bits per heavy atom. The molecule has 1 fully saturated rings. The molecule has 6 heteroatoms. The van der Waals surface area contributed by atoms with Gasteiger partial charge in [-0.05, 0) is 24.6 Å². The summed E-state index contributed by atoms with van der Waals surface area (Å²) in [6.45, 7) is 1.52. The van der Waals surface area contributed by atoms with Gasteiger partial charge in [0.2, 0.25) is 5.91 Å². The zero-order valence-corrected chi connectivity index (χ0v) is 11.2. The third kappa shape index (κ3) is 3.59. The topological polar surface area (TPSA) is 52.6 Å². The predicted molar refractivity (Wildman–Crippen MR) is 72.2 cm³/mol. The lowest BCUT2D eigenvalue weighted by Crippen LogP contribution is -2.32. The van der Waals surface area contributed by atoms with Crippen LogP contribution in [0.25, 0.3) is 0 Å². The van der Waals surface area contributed by atoms with Gasteiger partial charge in [-0.1, -0.05) is 23.2 Å². The van der Waals surface area contributed by atoms with E-state index in [1.165, 1.54) is 0 Å². The fraction of sp³-hybridized carbons (Fsp3) is 0.417. The molecule has 1 amide bonds. The third-order valence-corrected chi connectivity index (χ3v) is 3.38. The first-order valence-electron chi connectivity index (χ1n) is 5.70. The van der Waals surface area contributed by atoms with Crippen molar-refractivity contribution < 1.29 is 9.90 Å². The molecule has 1 heterocycles. The van der Waals surface area contributed by atoms with Crippen molar-refractivity contribution in [2.75, 3.05) is 25.0 Å². The average Bonchev–Trinajstić information content (AvgIpc) is 2.69. The van der Waals surface area contributed by atoms with Crippen LogP contribution in [0.15, 0.2) is 18.2 Å². The van der Waals surface area contributed by atoms with E-state index in [4.69, 9.17) is 23.2 Å². The van der Waals surface area contributed by atoms with Crippen LogP contribution in [0, 0.1) is 0 Å². The van der Waals surface area contributed by atoms with Gasteiger partial charge >= 0.3 is 0 Å². The number of anilines is 1. The van der Waals surface area contributed by atoms with Crippen molar-refractivity contribution in [3.63, 3.8) is 0 Å². The summed E-state index contributed by atoms with van der Waals surface area (Å²) in [5.74, 6) is -0.159. The molecule has 0 aromatic heterocycles. The number of nitrogens with zero attached hydrogens (tertiary/aromatic N) is 1. The van der Waals surface area contributed by atoms with Gasteiger partial charge in [0.25, 0.3) is 0 Å². The van der Waals surface area contributed by atoms with Crippen LogP contribution >= 0.6 is 23.2 Å². The lowest BCUT2D eigenvalue weighted by atomic mass is 10.3. The molecule has 0 unspecified atom stereocenters. The number of carbonyl (C=O) groups excluding carboxylic acids is 1. The van der Waals surface area contributed by atoms with Crippen molar-refractivity contribution in [1.82, 2.24) is 4.90 Å². The summed E-state index contributed by atoms with van der Waals surface area (Å²) < 4.78 is 0. The Hall–Kier alpha value is -0.810. The standard InChI is InChI=1S/C12H14Cl2N2O2/c13-8-1-2-10(14)11(5-8)15-12(18)7-16-4-3-9(17)6-16/h1-2,5,9,17H,3-4,6-7H2,(H,15,18)/t9-/m1/s1. The van der Waals surface area contributed by atoms with Crippen LogP contribution in [-0.2, 0) is 4.79 Å². The van der Waals surface area contributed by atoms with Gasteiger partial charge in [0.05, 0.1) is 23.4 Å². The van der Waals surface area contributed by atoms with Crippen molar-refractivity contribution in [3.8, 4) is 0 Å². The molecule has 1 aromatic rings. The van der Waals surface area contributed by atoms with Gasteiger partial charge < -0.3 is 10.4 Å². The van der Waals surface area contributed by atoms with Crippen LogP contribution in [0.5, 0.6) is 0 Å². The molecule has 98 valence electrons. The Morgan fingerprint density at radius 1 is 1.50 bits per heavy atom. The van der Waals surface area contributed by atoms with Crippen LogP contribution in [0.1, 0.15) is 6.42 Å². The summed E-state index contributed by atoms with van der Waals surface area (Å²) in [4.78, 5) is 13.7. The molecule has 2 rings (SSSR count). The first-order valence-corrected chi connectivity index (χ1v) is 6.45. The first kappa shape index (κ1) is 13.6. The van der Waals surface area contributed by atoms with E-state index in [1.807, 2.05) is 4.90 Å². The Bertz CT molecular complexity index is 454.